The van der Waals surface area contributed by atoms with Crippen molar-refractivity contribution in [2.45, 2.75) is 13.5 Å². The molecule has 0 radical (unpaired) electrons. The fraction of sp³-hybridized carbons (Fsp3) is 0.375. The second-order valence-corrected chi connectivity index (χ2v) is 5.92. The number of rotatable bonds is 4. The molecule has 2 atom stereocenters. The fourth-order valence-electron chi connectivity index (χ4n) is 2.99. The van der Waals surface area contributed by atoms with Gasteiger partial charge >= 0.3 is 0 Å². The average Bonchev–Trinajstić information content (AvgIpc) is 3.06. The topological polar surface area (TPSA) is 72.4 Å². The van der Waals surface area contributed by atoms with E-state index in [9.17, 15) is 13.6 Å². The van der Waals surface area contributed by atoms with Crippen molar-refractivity contribution in [3.05, 3.63) is 41.8 Å². The van der Waals surface area contributed by atoms with E-state index < -0.39 is 11.6 Å². The minimum Gasteiger partial charge on any atom is -0.444 e. The van der Waals surface area contributed by atoms with E-state index in [0.29, 0.717) is 25.3 Å². The molecule has 7 heteroatoms. The van der Waals surface area contributed by atoms with Gasteiger partial charge in [0.05, 0.1) is 11.6 Å². The SMILES string of the molecule is C[C@@H]1CN(Cc2coc(-c3c(F)cccc3F)n2)C[C@H]1C(N)=O. The Hall–Kier alpha value is -2.28. The molecule has 23 heavy (non-hydrogen) atoms. The number of carbonyl (C=O) groups is 1. The molecule has 2 heterocycles. The number of oxazole rings is 1. The Balaban J connectivity index is 1.75. The molecular weight excluding hydrogens is 304 g/mol. The second-order valence-electron chi connectivity index (χ2n) is 5.92. The summed E-state index contributed by atoms with van der Waals surface area (Å²) < 4.78 is 32.7. The molecule has 122 valence electrons. The maximum Gasteiger partial charge on any atom is 0.232 e. The monoisotopic (exact) mass is 321 g/mol. The molecule has 5 nitrogen and oxygen atoms in total. The molecule has 0 saturated carbocycles. The Bertz CT molecular complexity index is 712. The number of nitrogens with two attached hydrogens (primary N) is 1. The predicted octanol–water partition coefficient (Wildman–Crippen LogP) is 2.17. The molecule has 0 spiro atoms. The number of nitrogens with zero attached hydrogens (tertiary/aromatic N) is 2. The van der Waals surface area contributed by atoms with Gasteiger partial charge < -0.3 is 10.2 Å². The van der Waals surface area contributed by atoms with Crippen LogP contribution < -0.4 is 5.73 Å². The van der Waals surface area contributed by atoms with Gasteiger partial charge in [-0.1, -0.05) is 13.0 Å². The van der Waals surface area contributed by atoms with Gasteiger partial charge in [0.25, 0.3) is 0 Å². The summed E-state index contributed by atoms with van der Waals surface area (Å²) >= 11 is 0. The predicted molar refractivity (Wildman–Crippen MR) is 79.0 cm³/mol. The minimum atomic E-state index is -0.720. The van der Waals surface area contributed by atoms with Crippen LogP contribution >= 0.6 is 0 Å². The van der Waals surface area contributed by atoms with Crippen LogP contribution in [0.1, 0.15) is 12.6 Å². The molecule has 1 amide bonds. The zero-order valence-corrected chi connectivity index (χ0v) is 12.6. The van der Waals surface area contributed by atoms with Crippen molar-refractivity contribution in [1.29, 1.82) is 0 Å². The van der Waals surface area contributed by atoms with Crippen molar-refractivity contribution in [2.24, 2.45) is 17.6 Å². The molecule has 1 aliphatic heterocycles. The first kappa shape index (κ1) is 15.6. The molecule has 0 unspecified atom stereocenters. The molecule has 1 fully saturated rings. The highest BCUT2D eigenvalue weighted by Gasteiger charge is 2.33. The molecule has 1 aromatic carbocycles. The molecule has 2 N–H and O–H groups in total. The lowest BCUT2D eigenvalue weighted by Gasteiger charge is -2.12. The number of aromatic nitrogens is 1. The number of hydrogen-bond acceptors (Lipinski definition) is 4. The van der Waals surface area contributed by atoms with Gasteiger partial charge in [-0.15, -0.1) is 0 Å². The zero-order valence-electron chi connectivity index (χ0n) is 12.6. The van der Waals surface area contributed by atoms with E-state index >= 15 is 0 Å². The minimum absolute atomic E-state index is 0.0886. The summed E-state index contributed by atoms with van der Waals surface area (Å²) in [4.78, 5) is 17.5. The molecule has 0 aliphatic carbocycles. The highest BCUT2D eigenvalue weighted by molar-refractivity contribution is 5.77. The Morgan fingerprint density at radius 3 is 2.70 bits per heavy atom. The fourth-order valence-corrected chi connectivity index (χ4v) is 2.99. The van der Waals surface area contributed by atoms with E-state index in [4.69, 9.17) is 10.2 Å². The third-order valence-corrected chi connectivity index (χ3v) is 4.17. The first-order valence-corrected chi connectivity index (χ1v) is 7.36. The number of primary amides is 1. The molecular formula is C16H17F2N3O2. The van der Waals surface area contributed by atoms with Crippen LogP contribution in [0, 0.1) is 23.5 Å². The van der Waals surface area contributed by atoms with Gasteiger partial charge in [-0.05, 0) is 18.1 Å². The van der Waals surface area contributed by atoms with Crippen molar-refractivity contribution in [3.63, 3.8) is 0 Å². The lowest BCUT2D eigenvalue weighted by molar-refractivity contribution is -0.122. The number of carbonyl (C=O) groups excluding carboxylic acids is 1. The molecule has 1 aliphatic rings. The van der Waals surface area contributed by atoms with Crippen LogP contribution in [0.15, 0.2) is 28.9 Å². The molecule has 1 aromatic heterocycles. The van der Waals surface area contributed by atoms with Crippen LogP contribution in [0.3, 0.4) is 0 Å². The Morgan fingerprint density at radius 2 is 2.09 bits per heavy atom. The number of benzene rings is 1. The number of halogens is 2. The van der Waals surface area contributed by atoms with E-state index in [1.165, 1.54) is 12.3 Å². The van der Waals surface area contributed by atoms with Crippen molar-refractivity contribution in [2.75, 3.05) is 13.1 Å². The summed E-state index contributed by atoms with van der Waals surface area (Å²) in [6.07, 6.45) is 1.38. The number of hydrogen-bond donors (Lipinski definition) is 1. The first-order valence-electron chi connectivity index (χ1n) is 7.36. The van der Waals surface area contributed by atoms with Crippen molar-refractivity contribution in [3.8, 4) is 11.5 Å². The molecule has 3 rings (SSSR count). The Morgan fingerprint density at radius 1 is 1.39 bits per heavy atom. The molecule has 2 aromatic rings. The van der Waals surface area contributed by atoms with Gasteiger partial charge in [-0.2, -0.15) is 0 Å². The van der Waals surface area contributed by atoms with Gasteiger partial charge in [-0.25, -0.2) is 13.8 Å². The standard InChI is InChI=1S/C16H17F2N3O2/c1-9-5-21(7-11(9)15(19)22)6-10-8-23-16(20-10)14-12(17)3-2-4-13(14)18/h2-4,8-9,11H,5-7H2,1H3,(H2,19,22)/t9-,11-/m1/s1. The van der Waals surface area contributed by atoms with Crippen LogP contribution in [-0.2, 0) is 11.3 Å². The normalized spacial score (nSPS) is 21.7. The maximum atomic E-state index is 13.7. The van der Waals surface area contributed by atoms with Crippen LogP contribution in [0.5, 0.6) is 0 Å². The summed E-state index contributed by atoms with van der Waals surface area (Å²) in [6.45, 7) is 3.67. The van der Waals surface area contributed by atoms with E-state index in [1.807, 2.05) is 11.8 Å². The van der Waals surface area contributed by atoms with Gasteiger partial charge in [-0.3, -0.25) is 9.69 Å². The van der Waals surface area contributed by atoms with Crippen LogP contribution in [0.2, 0.25) is 0 Å². The summed E-state index contributed by atoms with van der Waals surface area (Å²) in [7, 11) is 0. The maximum absolute atomic E-state index is 13.7. The third-order valence-electron chi connectivity index (χ3n) is 4.17. The van der Waals surface area contributed by atoms with Crippen LogP contribution in [0.25, 0.3) is 11.5 Å². The Labute approximate surface area is 132 Å². The summed E-state index contributed by atoms with van der Waals surface area (Å²) in [5.41, 5.74) is 5.66. The highest BCUT2D eigenvalue weighted by atomic mass is 19.1. The largest absolute Gasteiger partial charge is 0.444 e. The smallest absolute Gasteiger partial charge is 0.232 e. The second kappa shape index (κ2) is 6.08. The number of likely N-dealkylation sites (tertiary alicyclic amines) is 1. The first-order chi connectivity index (χ1) is 11.0. The lowest BCUT2D eigenvalue weighted by Crippen LogP contribution is -2.29. The van der Waals surface area contributed by atoms with Crippen molar-refractivity contribution < 1.29 is 18.0 Å². The summed E-state index contributed by atoms with van der Waals surface area (Å²) in [5.74, 6) is -1.86. The third kappa shape index (κ3) is 3.10. The van der Waals surface area contributed by atoms with E-state index in [0.717, 1.165) is 12.1 Å². The lowest BCUT2D eigenvalue weighted by atomic mass is 9.98. The van der Waals surface area contributed by atoms with E-state index in [2.05, 4.69) is 4.98 Å². The van der Waals surface area contributed by atoms with Gasteiger partial charge in [0.1, 0.15) is 23.5 Å². The molecule has 1 saturated heterocycles. The van der Waals surface area contributed by atoms with E-state index in [-0.39, 0.29) is 29.2 Å². The Kier molecular flexibility index (Phi) is 4.12. The van der Waals surface area contributed by atoms with Crippen molar-refractivity contribution >= 4 is 5.91 Å². The summed E-state index contributed by atoms with van der Waals surface area (Å²) in [6, 6.07) is 3.59. The molecule has 0 bridgehead atoms. The number of amides is 1. The van der Waals surface area contributed by atoms with Crippen molar-refractivity contribution in [1.82, 2.24) is 9.88 Å². The van der Waals surface area contributed by atoms with Gasteiger partial charge in [0, 0.05) is 19.6 Å². The van der Waals surface area contributed by atoms with Crippen LogP contribution in [0.4, 0.5) is 8.78 Å². The van der Waals surface area contributed by atoms with E-state index in [1.54, 1.807) is 0 Å². The van der Waals surface area contributed by atoms with Gasteiger partial charge in [0.15, 0.2) is 0 Å². The van der Waals surface area contributed by atoms with Crippen LogP contribution in [-0.4, -0.2) is 28.9 Å². The summed E-state index contributed by atoms with van der Waals surface area (Å²) in [5, 5.41) is 0. The highest BCUT2D eigenvalue weighted by Crippen LogP contribution is 2.27. The zero-order chi connectivity index (χ0) is 16.6. The average molecular weight is 321 g/mol. The van der Waals surface area contributed by atoms with Gasteiger partial charge in [0.2, 0.25) is 11.8 Å². The quantitative estimate of drug-likeness (QED) is 0.937.